The molecule has 1 aromatic heterocycles. The first-order chi connectivity index (χ1) is 14.9. The van der Waals surface area contributed by atoms with Gasteiger partial charge in [0.1, 0.15) is 5.54 Å². The van der Waals surface area contributed by atoms with E-state index in [2.05, 4.69) is 26.2 Å². The number of Topliss-reactive ketones (excluding diaryl/α,β-unsaturated/α-hetero) is 1. The number of rotatable bonds is 3. The highest BCUT2D eigenvalue weighted by Crippen LogP contribution is 2.56. The van der Waals surface area contributed by atoms with Gasteiger partial charge in [0.05, 0.1) is 5.92 Å². The van der Waals surface area contributed by atoms with Gasteiger partial charge in [0.25, 0.3) is 0 Å². The van der Waals surface area contributed by atoms with Crippen LogP contribution in [0.1, 0.15) is 27.4 Å². The molecule has 7 heteroatoms. The summed E-state index contributed by atoms with van der Waals surface area (Å²) in [6, 6.07) is 16.8. The SMILES string of the molecule is CN1C[C@H](c2ccc(Cl)cc2)[C@@H](C(=O)c2cccnc2)[C@]12C(=O)Nc1ccc(Br)cc12. The maximum Gasteiger partial charge on any atom is 0.250 e. The predicted octanol–water partition coefficient (Wildman–Crippen LogP) is 4.87. The molecule has 1 N–H and O–H groups in total. The van der Waals surface area contributed by atoms with E-state index in [1.165, 1.54) is 0 Å². The van der Waals surface area contributed by atoms with E-state index in [0.29, 0.717) is 17.1 Å². The molecule has 5 nitrogen and oxygen atoms in total. The molecule has 1 amide bonds. The Morgan fingerprint density at radius 3 is 2.71 bits per heavy atom. The summed E-state index contributed by atoms with van der Waals surface area (Å²) in [5.41, 5.74) is 1.91. The van der Waals surface area contributed by atoms with E-state index >= 15 is 0 Å². The normalized spacial score (nSPS) is 24.9. The van der Waals surface area contributed by atoms with Crippen LogP contribution in [0.25, 0.3) is 0 Å². The molecule has 3 heterocycles. The van der Waals surface area contributed by atoms with E-state index in [4.69, 9.17) is 11.6 Å². The summed E-state index contributed by atoms with van der Waals surface area (Å²) >= 11 is 9.65. The van der Waals surface area contributed by atoms with Crippen molar-refractivity contribution in [1.82, 2.24) is 9.88 Å². The number of hydrogen-bond acceptors (Lipinski definition) is 4. The average molecular weight is 497 g/mol. The summed E-state index contributed by atoms with van der Waals surface area (Å²) in [5, 5.41) is 3.65. The van der Waals surface area contributed by atoms with Gasteiger partial charge in [-0.2, -0.15) is 0 Å². The van der Waals surface area contributed by atoms with E-state index in [9.17, 15) is 9.59 Å². The van der Waals surface area contributed by atoms with Gasteiger partial charge in [0, 0.05) is 51.2 Å². The van der Waals surface area contributed by atoms with Crippen LogP contribution in [0.2, 0.25) is 5.02 Å². The van der Waals surface area contributed by atoms with Crippen molar-refractivity contribution in [1.29, 1.82) is 0 Å². The monoisotopic (exact) mass is 495 g/mol. The summed E-state index contributed by atoms with van der Waals surface area (Å²) in [6.07, 6.45) is 3.21. The van der Waals surface area contributed by atoms with Crippen LogP contribution in [-0.2, 0) is 10.3 Å². The lowest BCUT2D eigenvalue weighted by Gasteiger charge is -2.35. The lowest BCUT2D eigenvalue weighted by atomic mass is 9.70. The third-order valence-electron chi connectivity index (χ3n) is 6.44. The highest BCUT2D eigenvalue weighted by molar-refractivity contribution is 9.10. The molecule has 2 aliphatic heterocycles. The number of pyridine rings is 1. The number of ketones is 1. The van der Waals surface area contributed by atoms with E-state index < -0.39 is 11.5 Å². The molecule has 31 heavy (non-hydrogen) atoms. The highest BCUT2D eigenvalue weighted by Gasteiger charge is 2.64. The number of hydrogen-bond donors (Lipinski definition) is 1. The lowest BCUT2D eigenvalue weighted by Crippen LogP contribution is -2.51. The fourth-order valence-corrected chi connectivity index (χ4v) is 5.60. The number of carbonyl (C=O) groups excluding carboxylic acids is 2. The second-order valence-corrected chi connectivity index (χ2v) is 9.38. The van der Waals surface area contributed by atoms with Crippen molar-refractivity contribution in [3.63, 3.8) is 0 Å². The summed E-state index contributed by atoms with van der Waals surface area (Å²) in [4.78, 5) is 33.7. The topological polar surface area (TPSA) is 62.3 Å². The number of halogens is 2. The Hall–Kier alpha value is -2.54. The predicted molar refractivity (Wildman–Crippen MR) is 123 cm³/mol. The number of nitrogens with one attached hydrogen (secondary N) is 1. The molecule has 0 bridgehead atoms. The molecule has 1 fully saturated rings. The van der Waals surface area contributed by atoms with Crippen LogP contribution in [-0.4, -0.2) is 35.2 Å². The van der Waals surface area contributed by atoms with Gasteiger partial charge in [0.15, 0.2) is 5.78 Å². The second kappa shape index (κ2) is 7.55. The average Bonchev–Trinajstić information content (AvgIpc) is 3.24. The largest absolute Gasteiger partial charge is 0.324 e. The van der Waals surface area contributed by atoms with Crippen LogP contribution < -0.4 is 5.32 Å². The molecule has 0 radical (unpaired) electrons. The molecule has 0 saturated carbocycles. The zero-order valence-corrected chi connectivity index (χ0v) is 19.0. The van der Waals surface area contributed by atoms with Crippen molar-refractivity contribution in [2.45, 2.75) is 11.5 Å². The number of likely N-dealkylation sites (N-methyl/N-ethyl adjacent to an activating group) is 1. The van der Waals surface area contributed by atoms with Gasteiger partial charge in [-0.1, -0.05) is 39.7 Å². The van der Waals surface area contributed by atoms with Crippen molar-refractivity contribution in [3.05, 3.63) is 93.2 Å². The van der Waals surface area contributed by atoms with Crippen molar-refractivity contribution in [2.75, 3.05) is 18.9 Å². The molecule has 0 unspecified atom stereocenters. The van der Waals surface area contributed by atoms with Gasteiger partial charge in [-0.05, 0) is 55.1 Å². The zero-order chi connectivity index (χ0) is 21.8. The molecule has 3 aromatic rings. The number of benzene rings is 2. The van der Waals surface area contributed by atoms with Crippen LogP contribution in [0.5, 0.6) is 0 Å². The first-order valence-electron chi connectivity index (χ1n) is 9.95. The molecule has 2 aliphatic rings. The minimum atomic E-state index is -1.11. The van der Waals surface area contributed by atoms with E-state index in [0.717, 1.165) is 21.3 Å². The number of amides is 1. The fourth-order valence-electron chi connectivity index (χ4n) is 5.11. The van der Waals surface area contributed by atoms with Crippen molar-refractivity contribution in [2.24, 2.45) is 5.92 Å². The summed E-state index contributed by atoms with van der Waals surface area (Å²) in [7, 11) is 1.91. The quantitative estimate of drug-likeness (QED) is 0.525. The highest BCUT2D eigenvalue weighted by atomic mass is 79.9. The maximum absolute atomic E-state index is 14.0. The number of carbonyl (C=O) groups is 2. The third kappa shape index (κ3) is 3.04. The molecule has 156 valence electrons. The number of likely N-dealkylation sites (tertiary alicyclic amines) is 1. The summed E-state index contributed by atoms with van der Waals surface area (Å²) in [6.45, 7) is 0.553. The fraction of sp³-hybridized carbons (Fsp3) is 0.208. The Kier molecular flexibility index (Phi) is 4.96. The van der Waals surface area contributed by atoms with E-state index in [-0.39, 0.29) is 17.6 Å². The molecular formula is C24H19BrClN3O2. The minimum absolute atomic E-state index is 0.0969. The van der Waals surface area contributed by atoms with Crippen molar-refractivity contribution < 1.29 is 9.59 Å². The van der Waals surface area contributed by atoms with Gasteiger partial charge in [0.2, 0.25) is 5.91 Å². The van der Waals surface area contributed by atoms with Crippen LogP contribution in [0.15, 0.2) is 71.5 Å². The van der Waals surface area contributed by atoms with Crippen LogP contribution in [0, 0.1) is 5.92 Å². The summed E-state index contributed by atoms with van der Waals surface area (Å²) in [5.74, 6) is -1.09. The van der Waals surface area contributed by atoms with Gasteiger partial charge in [-0.15, -0.1) is 0 Å². The first-order valence-corrected chi connectivity index (χ1v) is 11.1. The number of fused-ring (bicyclic) bond motifs is 2. The standard InChI is InChI=1S/C24H19BrClN3O2/c1-29-13-18(14-4-7-17(26)8-5-14)21(22(30)15-3-2-10-27-12-15)24(29)19-11-16(25)6-9-20(19)28-23(24)31/h2-12,18,21H,13H2,1H3,(H,28,31)/t18-,21+,24-/m1/s1. The molecule has 2 aromatic carbocycles. The first kappa shape index (κ1) is 20.4. The number of aromatic nitrogens is 1. The Labute approximate surface area is 193 Å². The zero-order valence-electron chi connectivity index (χ0n) is 16.7. The van der Waals surface area contributed by atoms with E-state index in [1.54, 1.807) is 24.5 Å². The van der Waals surface area contributed by atoms with Gasteiger partial charge in [-0.3, -0.25) is 19.5 Å². The van der Waals surface area contributed by atoms with Crippen molar-refractivity contribution >= 4 is 44.9 Å². The third-order valence-corrected chi connectivity index (χ3v) is 7.18. The van der Waals surface area contributed by atoms with Crippen molar-refractivity contribution in [3.8, 4) is 0 Å². The molecule has 5 rings (SSSR count). The van der Waals surface area contributed by atoms with Gasteiger partial charge < -0.3 is 5.32 Å². The number of anilines is 1. The molecule has 0 aliphatic carbocycles. The summed E-state index contributed by atoms with van der Waals surface area (Å²) < 4.78 is 0.859. The molecular weight excluding hydrogens is 478 g/mol. The van der Waals surface area contributed by atoms with Crippen LogP contribution in [0.4, 0.5) is 5.69 Å². The maximum atomic E-state index is 14.0. The second-order valence-electron chi connectivity index (χ2n) is 8.03. The number of nitrogens with zero attached hydrogens (tertiary/aromatic N) is 2. The van der Waals surface area contributed by atoms with Crippen LogP contribution >= 0.6 is 27.5 Å². The molecule has 3 atom stereocenters. The minimum Gasteiger partial charge on any atom is -0.324 e. The Bertz CT molecular complexity index is 1190. The molecule has 1 spiro atoms. The smallest absolute Gasteiger partial charge is 0.250 e. The van der Waals surface area contributed by atoms with Crippen LogP contribution in [0.3, 0.4) is 0 Å². The Morgan fingerprint density at radius 2 is 2.00 bits per heavy atom. The Morgan fingerprint density at radius 1 is 1.23 bits per heavy atom. The Balaban J connectivity index is 1.74. The van der Waals surface area contributed by atoms with Gasteiger partial charge in [-0.25, -0.2) is 0 Å². The molecule has 1 saturated heterocycles. The van der Waals surface area contributed by atoms with Gasteiger partial charge >= 0.3 is 0 Å². The lowest BCUT2D eigenvalue weighted by molar-refractivity contribution is -0.126. The van der Waals surface area contributed by atoms with E-state index in [1.807, 2.05) is 54.4 Å².